The fraction of sp³-hybridized carbons (Fsp3) is 0.231. The second kappa shape index (κ2) is 13.0. The summed E-state index contributed by atoms with van der Waals surface area (Å²) in [6, 6.07) is 15.7. The number of likely N-dealkylation sites (N-methyl/N-ethyl adjacent to an activating group) is 1. The summed E-state index contributed by atoms with van der Waals surface area (Å²) in [6.07, 6.45) is 0.259. The van der Waals surface area contributed by atoms with Gasteiger partial charge in [0.2, 0.25) is 11.8 Å². The van der Waals surface area contributed by atoms with Gasteiger partial charge in [0.1, 0.15) is 12.6 Å². The number of hydrogen-bond donors (Lipinski definition) is 1. The SMILES string of the molecule is CCC(C(=O)NC)N(Cc1c(Cl)cccc1Cl)C(=O)CN(c1cccc(Cl)c1)S(=O)(=O)c1ccc(Cl)cc1. The highest BCUT2D eigenvalue weighted by atomic mass is 35.5. The van der Waals surface area contributed by atoms with Crippen molar-refractivity contribution < 1.29 is 18.0 Å². The number of carbonyl (C=O) groups is 2. The zero-order valence-corrected chi connectivity index (χ0v) is 24.3. The third-order valence-corrected chi connectivity index (χ3v) is 8.78. The van der Waals surface area contributed by atoms with Crippen molar-refractivity contribution in [3.63, 3.8) is 0 Å². The monoisotopic (exact) mass is 615 g/mol. The van der Waals surface area contributed by atoms with Crippen LogP contribution in [0, 0.1) is 0 Å². The summed E-state index contributed by atoms with van der Waals surface area (Å²) in [6.45, 7) is 1.00. The van der Waals surface area contributed by atoms with Crippen molar-refractivity contribution in [2.75, 3.05) is 17.9 Å². The van der Waals surface area contributed by atoms with Gasteiger partial charge in [-0.2, -0.15) is 0 Å². The Balaban J connectivity index is 2.10. The van der Waals surface area contributed by atoms with Crippen molar-refractivity contribution >= 4 is 73.9 Å². The first kappa shape index (κ1) is 30.1. The molecule has 0 fully saturated rings. The van der Waals surface area contributed by atoms with E-state index in [-0.39, 0.29) is 28.6 Å². The summed E-state index contributed by atoms with van der Waals surface area (Å²) in [7, 11) is -2.79. The Morgan fingerprint density at radius 2 is 1.50 bits per heavy atom. The van der Waals surface area contributed by atoms with E-state index in [0.717, 1.165) is 4.31 Å². The molecule has 0 bridgehead atoms. The summed E-state index contributed by atoms with van der Waals surface area (Å²) in [5.74, 6) is -1.06. The van der Waals surface area contributed by atoms with E-state index in [9.17, 15) is 18.0 Å². The Hall–Kier alpha value is -2.49. The van der Waals surface area contributed by atoms with Gasteiger partial charge < -0.3 is 10.2 Å². The van der Waals surface area contributed by atoms with Crippen molar-refractivity contribution in [2.45, 2.75) is 30.8 Å². The summed E-state index contributed by atoms with van der Waals surface area (Å²) in [4.78, 5) is 27.9. The lowest BCUT2D eigenvalue weighted by molar-refractivity contribution is -0.140. The van der Waals surface area contributed by atoms with Crippen LogP contribution in [0.4, 0.5) is 5.69 Å². The Morgan fingerprint density at radius 3 is 2.05 bits per heavy atom. The topological polar surface area (TPSA) is 86.8 Å². The number of nitrogens with zero attached hydrogens (tertiary/aromatic N) is 2. The average Bonchev–Trinajstić information content (AvgIpc) is 2.88. The molecule has 12 heteroatoms. The number of amides is 2. The van der Waals surface area contributed by atoms with Gasteiger partial charge in [-0.05, 0) is 61.0 Å². The van der Waals surface area contributed by atoms with Crippen LogP contribution in [0.2, 0.25) is 20.1 Å². The number of halogens is 4. The number of hydrogen-bond acceptors (Lipinski definition) is 4. The second-order valence-corrected chi connectivity index (χ2v) is 11.8. The average molecular weight is 617 g/mol. The van der Waals surface area contributed by atoms with E-state index in [1.54, 1.807) is 37.3 Å². The molecule has 0 radical (unpaired) electrons. The lowest BCUT2D eigenvalue weighted by atomic mass is 10.1. The van der Waals surface area contributed by atoms with Gasteiger partial charge in [-0.15, -0.1) is 0 Å². The summed E-state index contributed by atoms with van der Waals surface area (Å²) < 4.78 is 28.5. The number of sulfonamides is 1. The maximum absolute atomic E-state index is 13.9. The molecule has 1 atom stereocenters. The Morgan fingerprint density at radius 1 is 0.895 bits per heavy atom. The van der Waals surface area contributed by atoms with Crippen LogP contribution in [0.3, 0.4) is 0 Å². The first-order valence-electron chi connectivity index (χ1n) is 11.5. The molecule has 2 amide bonds. The molecule has 0 spiro atoms. The first-order chi connectivity index (χ1) is 18.0. The van der Waals surface area contributed by atoms with Crippen LogP contribution in [0.5, 0.6) is 0 Å². The van der Waals surface area contributed by atoms with Crippen molar-refractivity contribution in [1.29, 1.82) is 0 Å². The lowest BCUT2D eigenvalue weighted by Gasteiger charge is -2.33. The van der Waals surface area contributed by atoms with E-state index in [0.29, 0.717) is 20.6 Å². The molecule has 0 aliphatic rings. The van der Waals surface area contributed by atoms with Crippen molar-refractivity contribution in [1.82, 2.24) is 10.2 Å². The van der Waals surface area contributed by atoms with Crippen LogP contribution in [-0.2, 0) is 26.2 Å². The molecule has 0 saturated carbocycles. The van der Waals surface area contributed by atoms with E-state index in [2.05, 4.69) is 5.32 Å². The molecule has 0 aromatic heterocycles. The smallest absolute Gasteiger partial charge is 0.264 e. The maximum atomic E-state index is 13.9. The molecule has 7 nitrogen and oxygen atoms in total. The van der Waals surface area contributed by atoms with Crippen molar-refractivity contribution in [2.24, 2.45) is 0 Å². The van der Waals surface area contributed by atoms with Crippen LogP contribution >= 0.6 is 46.4 Å². The standard InChI is InChI=1S/C26H25Cl4N3O4S/c1-3-24(26(35)31-2)32(15-21-22(29)8-5-9-23(21)30)25(34)16-33(19-7-4-6-18(28)14-19)38(36,37)20-12-10-17(27)11-13-20/h4-14,24H,3,15-16H2,1-2H3,(H,31,35). The molecule has 3 aromatic carbocycles. The predicted octanol–water partition coefficient (Wildman–Crippen LogP) is 6.05. The largest absolute Gasteiger partial charge is 0.357 e. The highest BCUT2D eigenvalue weighted by molar-refractivity contribution is 7.92. The molecular weight excluding hydrogens is 592 g/mol. The van der Waals surface area contributed by atoms with E-state index < -0.39 is 34.4 Å². The van der Waals surface area contributed by atoms with E-state index in [4.69, 9.17) is 46.4 Å². The zero-order chi connectivity index (χ0) is 28.0. The normalized spacial score (nSPS) is 12.1. The number of rotatable bonds is 10. The molecular formula is C26H25Cl4N3O4S. The second-order valence-electron chi connectivity index (χ2n) is 8.21. The van der Waals surface area contributed by atoms with E-state index in [1.165, 1.54) is 48.3 Å². The van der Waals surface area contributed by atoms with Gasteiger partial charge in [0.25, 0.3) is 10.0 Å². The molecule has 1 N–H and O–H groups in total. The molecule has 1 unspecified atom stereocenters. The first-order valence-corrected chi connectivity index (χ1v) is 14.4. The number of benzene rings is 3. The molecule has 0 saturated heterocycles. The predicted molar refractivity (Wildman–Crippen MR) is 153 cm³/mol. The van der Waals surface area contributed by atoms with Gasteiger partial charge in [-0.1, -0.05) is 65.5 Å². The van der Waals surface area contributed by atoms with E-state index in [1.807, 2.05) is 0 Å². The molecule has 0 aliphatic carbocycles. The maximum Gasteiger partial charge on any atom is 0.264 e. The number of carbonyl (C=O) groups excluding carboxylic acids is 2. The Bertz CT molecular complexity index is 1400. The molecule has 0 heterocycles. The van der Waals surface area contributed by atoms with Crippen molar-refractivity contribution in [3.8, 4) is 0 Å². The molecule has 3 aromatic rings. The highest BCUT2D eigenvalue weighted by Crippen LogP contribution is 2.30. The van der Waals surface area contributed by atoms with Gasteiger partial charge in [-0.25, -0.2) is 8.42 Å². The van der Waals surface area contributed by atoms with Crippen LogP contribution in [0.1, 0.15) is 18.9 Å². The molecule has 38 heavy (non-hydrogen) atoms. The summed E-state index contributed by atoms with van der Waals surface area (Å²) in [5, 5.41) is 3.81. The van der Waals surface area contributed by atoms with Gasteiger partial charge in [0.15, 0.2) is 0 Å². The Labute approximate surface area is 242 Å². The zero-order valence-electron chi connectivity index (χ0n) is 20.5. The third kappa shape index (κ3) is 6.93. The summed E-state index contributed by atoms with van der Waals surface area (Å²) in [5.41, 5.74) is 0.603. The summed E-state index contributed by atoms with van der Waals surface area (Å²) >= 11 is 24.9. The highest BCUT2D eigenvalue weighted by Gasteiger charge is 2.34. The molecule has 0 aliphatic heterocycles. The van der Waals surface area contributed by atoms with Gasteiger partial charge in [0, 0.05) is 39.2 Å². The lowest BCUT2D eigenvalue weighted by Crippen LogP contribution is -2.51. The minimum Gasteiger partial charge on any atom is -0.357 e. The van der Waals surface area contributed by atoms with E-state index >= 15 is 0 Å². The van der Waals surface area contributed by atoms with Gasteiger partial charge in [-0.3, -0.25) is 13.9 Å². The third-order valence-electron chi connectivity index (χ3n) is 5.80. The minimum absolute atomic E-state index is 0.0753. The fourth-order valence-corrected chi connectivity index (χ4v) is 6.07. The van der Waals surface area contributed by atoms with Crippen LogP contribution in [-0.4, -0.2) is 44.8 Å². The van der Waals surface area contributed by atoms with Crippen LogP contribution in [0.25, 0.3) is 0 Å². The van der Waals surface area contributed by atoms with Crippen LogP contribution < -0.4 is 9.62 Å². The minimum atomic E-state index is -4.25. The molecule has 3 rings (SSSR count). The van der Waals surface area contributed by atoms with Gasteiger partial charge in [0.05, 0.1) is 10.6 Å². The van der Waals surface area contributed by atoms with Gasteiger partial charge >= 0.3 is 0 Å². The fourth-order valence-electron chi connectivity index (χ4n) is 3.83. The quantitative estimate of drug-likeness (QED) is 0.300. The van der Waals surface area contributed by atoms with Crippen LogP contribution in [0.15, 0.2) is 71.6 Å². The number of anilines is 1. The Kier molecular flexibility index (Phi) is 10.3. The molecule has 202 valence electrons. The number of nitrogens with one attached hydrogen (secondary N) is 1. The van der Waals surface area contributed by atoms with Crippen molar-refractivity contribution in [3.05, 3.63) is 92.4 Å².